The van der Waals surface area contributed by atoms with Crippen LogP contribution in [0.15, 0.2) is 34.8 Å². The number of hydrogen-bond acceptors (Lipinski definition) is 2. The van der Waals surface area contributed by atoms with E-state index < -0.39 is 0 Å². The van der Waals surface area contributed by atoms with Crippen molar-refractivity contribution >= 4 is 21.6 Å². The summed E-state index contributed by atoms with van der Waals surface area (Å²) < 4.78 is 19.4. The predicted octanol–water partition coefficient (Wildman–Crippen LogP) is 4.37. The molecule has 2 nitrogen and oxygen atoms in total. The second-order valence-corrected chi connectivity index (χ2v) is 5.32. The summed E-state index contributed by atoms with van der Waals surface area (Å²) in [6, 6.07) is 8.68. The molecule has 100 valence electrons. The molecule has 0 saturated heterocycles. The second kappa shape index (κ2) is 5.61. The fraction of sp³-hybridized carbons (Fsp3) is 0.200. The summed E-state index contributed by atoms with van der Waals surface area (Å²) >= 11 is 3.26. The lowest BCUT2D eigenvalue weighted by molar-refractivity contribution is 0.304. The molecule has 2 rings (SSSR count). The lowest BCUT2D eigenvalue weighted by Crippen LogP contribution is -2.03. The van der Waals surface area contributed by atoms with Crippen LogP contribution in [-0.2, 0) is 6.61 Å². The Hall–Kier alpha value is -1.55. The van der Waals surface area contributed by atoms with Crippen molar-refractivity contribution in [1.29, 1.82) is 0 Å². The molecule has 0 aliphatic rings. The molecule has 0 radical (unpaired) electrons. The van der Waals surface area contributed by atoms with Gasteiger partial charge in [0.25, 0.3) is 0 Å². The van der Waals surface area contributed by atoms with Crippen molar-refractivity contribution in [2.45, 2.75) is 20.5 Å². The van der Waals surface area contributed by atoms with Gasteiger partial charge >= 0.3 is 0 Å². The Kier molecular flexibility index (Phi) is 4.10. The van der Waals surface area contributed by atoms with Crippen LogP contribution in [0, 0.1) is 19.7 Å². The van der Waals surface area contributed by atoms with Crippen molar-refractivity contribution < 1.29 is 9.13 Å². The zero-order valence-electron chi connectivity index (χ0n) is 10.8. The first-order valence-electron chi connectivity index (χ1n) is 5.91. The van der Waals surface area contributed by atoms with Gasteiger partial charge in [0.2, 0.25) is 0 Å². The average Bonchev–Trinajstić information content (AvgIpc) is 2.31. The van der Waals surface area contributed by atoms with E-state index in [1.54, 1.807) is 0 Å². The van der Waals surface area contributed by atoms with E-state index in [0.717, 1.165) is 16.7 Å². The fourth-order valence-corrected chi connectivity index (χ4v) is 2.52. The summed E-state index contributed by atoms with van der Waals surface area (Å²) in [6.07, 6.45) is 0. The number of ether oxygens (including phenoxy) is 1. The Balaban J connectivity index is 2.24. The minimum Gasteiger partial charge on any atom is -0.486 e. The molecule has 2 aromatic carbocycles. The maximum Gasteiger partial charge on any atom is 0.157 e. The van der Waals surface area contributed by atoms with Gasteiger partial charge in [-0.2, -0.15) is 0 Å². The highest BCUT2D eigenvalue weighted by Crippen LogP contribution is 2.33. The van der Waals surface area contributed by atoms with Crippen molar-refractivity contribution in [3.05, 3.63) is 57.3 Å². The van der Waals surface area contributed by atoms with Gasteiger partial charge in [-0.3, -0.25) is 0 Å². The summed E-state index contributed by atoms with van der Waals surface area (Å²) in [4.78, 5) is 0. The largest absolute Gasteiger partial charge is 0.486 e. The maximum absolute atomic E-state index is 13.1. The summed E-state index contributed by atoms with van der Waals surface area (Å²) in [6.45, 7) is 4.48. The van der Waals surface area contributed by atoms with E-state index in [9.17, 15) is 4.39 Å². The minimum atomic E-state index is -0.385. The molecule has 2 N–H and O–H groups in total. The van der Waals surface area contributed by atoms with Crippen molar-refractivity contribution in [3.63, 3.8) is 0 Å². The number of nitrogens with two attached hydrogens (primary N) is 1. The van der Waals surface area contributed by atoms with Gasteiger partial charge in [-0.25, -0.2) is 4.39 Å². The lowest BCUT2D eigenvalue weighted by atomic mass is 10.0. The molecule has 0 spiro atoms. The Morgan fingerprint density at radius 3 is 2.42 bits per heavy atom. The van der Waals surface area contributed by atoms with E-state index in [-0.39, 0.29) is 11.5 Å². The summed E-state index contributed by atoms with van der Waals surface area (Å²) in [5.41, 5.74) is 9.51. The quantitative estimate of drug-likeness (QED) is 0.851. The van der Waals surface area contributed by atoms with Crippen LogP contribution in [0.1, 0.15) is 16.7 Å². The number of benzene rings is 2. The molecule has 0 unspecified atom stereocenters. The predicted molar refractivity (Wildman–Crippen MR) is 78.8 cm³/mol. The van der Waals surface area contributed by atoms with Crippen LogP contribution >= 0.6 is 15.9 Å². The van der Waals surface area contributed by atoms with E-state index in [1.807, 2.05) is 32.0 Å². The molecule has 0 aliphatic heterocycles. The number of anilines is 1. The fourth-order valence-electron chi connectivity index (χ4n) is 1.95. The van der Waals surface area contributed by atoms with Crippen LogP contribution < -0.4 is 10.5 Å². The number of aryl methyl sites for hydroxylation is 2. The Bertz CT molecular complexity index is 570. The standard InChI is InChI=1S/C15H15BrFNO/c1-9-4-3-5-10(2)12(9)8-19-15-13(16)6-11(17)7-14(15)18/h3-7H,8,18H2,1-2H3. The van der Waals surface area contributed by atoms with Crippen LogP contribution in [0.5, 0.6) is 5.75 Å². The molecule has 2 aromatic rings. The van der Waals surface area contributed by atoms with Crippen LogP contribution in [0.2, 0.25) is 0 Å². The number of hydrogen-bond donors (Lipinski definition) is 1. The van der Waals surface area contributed by atoms with Gasteiger partial charge in [0.15, 0.2) is 5.75 Å². The molecular weight excluding hydrogens is 309 g/mol. The third kappa shape index (κ3) is 3.07. The van der Waals surface area contributed by atoms with Crippen LogP contribution in [-0.4, -0.2) is 0 Å². The number of halogens is 2. The normalized spacial score (nSPS) is 10.5. The van der Waals surface area contributed by atoms with Crippen molar-refractivity contribution in [3.8, 4) is 5.75 Å². The van der Waals surface area contributed by atoms with Gasteiger partial charge in [-0.1, -0.05) is 18.2 Å². The molecule has 0 fully saturated rings. The highest BCUT2D eigenvalue weighted by molar-refractivity contribution is 9.10. The van der Waals surface area contributed by atoms with Crippen molar-refractivity contribution in [2.24, 2.45) is 0 Å². The highest BCUT2D eigenvalue weighted by Gasteiger charge is 2.10. The molecular formula is C15H15BrFNO. The monoisotopic (exact) mass is 323 g/mol. The van der Waals surface area contributed by atoms with E-state index in [2.05, 4.69) is 15.9 Å². The molecule has 0 saturated carbocycles. The average molecular weight is 324 g/mol. The van der Waals surface area contributed by atoms with Crippen molar-refractivity contribution in [1.82, 2.24) is 0 Å². The van der Waals surface area contributed by atoms with E-state index in [0.29, 0.717) is 16.8 Å². The summed E-state index contributed by atoms with van der Waals surface area (Å²) in [5.74, 6) is 0.0906. The van der Waals surface area contributed by atoms with Crippen LogP contribution in [0.3, 0.4) is 0 Å². The molecule has 4 heteroatoms. The smallest absolute Gasteiger partial charge is 0.157 e. The van der Waals surface area contributed by atoms with Gasteiger partial charge in [-0.05, 0) is 52.5 Å². The Morgan fingerprint density at radius 1 is 1.21 bits per heavy atom. The summed E-state index contributed by atoms with van der Waals surface area (Å²) in [7, 11) is 0. The number of rotatable bonds is 3. The molecule has 0 aliphatic carbocycles. The van der Waals surface area contributed by atoms with E-state index in [4.69, 9.17) is 10.5 Å². The van der Waals surface area contributed by atoms with Crippen LogP contribution in [0.4, 0.5) is 10.1 Å². The third-order valence-electron chi connectivity index (χ3n) is 3.04. The molecule has 0 amide bonds. The first kappa shape index (κ1) is 13.9. The topological polar surface area (TPSA) is 35.2 Å². The SMILES string of the molecule is Cc1cccc(C)c1COc1c(N)cc(F)cc1Br. The zero-order chi connectivity index (χ0) is 14.0. The van der Waals surface area contributed by atoms with Crippen molar-refractivity contribution in [2.75, 3.05) is 5.73 Å². The van der Waals surface area contributed by atoms with Gasteiger partial charge in [0.05, 0.1) is 10.2 Å². The molecule has 0 bridgehead atoms. The van der Waals surface area contributed by atoms with Gasteiger partial charge in [0, 0.05) is 6.07 Å². The van der Waals surface area contributed by atoms with E-state index >= 15 is 0 Å². The Morgan fingerprint density at radius 2 is 1.84 bits per heavy atom. The first-order valence-corrected chi connectivity index (χ1v) is 6.70. The van der Waals surface area contributed by atoms with Gasteiger partial charge in [0.1, 0.15) is 12.4 Å². The van der Waals surface area contributed by atoms with Crippen LogP contribution in [0.25, 0.3) is 0 Å². The minimum absolute atomic E-state index is 0.290. The highest BCUT2D eigenvalue weighted by atomic mass is 79.9. The Labute approximate surface area is 120 Å². The molecule has 0 atom stereocenters. The van der Waals surface area contributed by atoms with Gasteiger partial charge in [-0.15, -0.1) is 0 Å². The first-order chi connectivity index (χ1) is 8.99. The number of nitrogen functional groups attached to an aromatic ring is 1. The molecule has 19 heavy (non-hydrogen) atoms. The lowest BCUT2D eigenvalue weighted by Gasteiger charge is -2.14. The maximum atomic E-state index is 13.1. The van der Waals surface area contributed by atoms with E-state index in [1.165, 1.54) is 12.1 Å². The molecule has 0 heterocycles. The summed E-state index contributed by atoms with van der Waals surface area (Å²) in [5, 5.41) is 0. The van der Waals surface area contributed by atoms with Gasteiger partial charge < -0.3 is 10.5 Å². The second-order valence-electron chi connectivity index (χ2n) is 4.47. The third-order valence-corrected chi connectivity index (χ3v) is 3.63. The zero-order valence-corrected chi connectivity index (χ0v) is 12.4. The molecule has 0 aromatic heterocycles.